The molecule has 4 heterocycles. The van der Waals surface area contributed by atoms with E-state index in [1.165, 1.54) is 139 Å². The van der Waals surface area contributed by atoms with Crippen molar-refractivity contribution in [3.8, 4) is 5.75 Å². The Morgan fingerprint density at radius 2 is 0.670 bits per heavy atom. The average molecular weight is 1970 g/mol. The molecule has 4 aliphatic rings. The van der Waals surface area contributed by atoms with Crippen LogP contribution >= 0.6 is 45.3 Å². The molecule has 4 aromatic carbocycles. The molecular formula is C68H76K7N5O24S11. The molecule has 0 aliphatic heterocycles. The van der Waals surface area contributed by atoms with Crippen molar-refractivity contribution >= 4 is 165 Å². The van der Waals surface area contributed by atoms with Crippen molar-refractivity contribution in [1.29, 1.82) is 0 Å². The predicted octanol–water partition coefficient (Wildman–Crippen LogP) is -16.4. The van der Waals surface area contributed by atoms with Gasteiger partial charge in [-0.2, -0.15) is 0 Å². The van der Waals surface area contributed by atoms with E-state index in [0.717, 1.165) is 73.2 Å². The fraction of sp³-hybridized carbons (Fsp3) is 0.353. The first-order valence-corrected chi connectivity index (χ1v) is 45.0. The molecule has 8 aromatic rings. The van der Waals surface area contributed by atoms with E-state index in [1.54, 1.807) is 66.1 Å². The van der Waals surface area contributed by atoms with E-state index in [9.17, 15) is 101 Å². The van der Waals surface area contributed by atoms with E-state index in [4.69, 9.17) is 4.74 Å². The fourth-order valence-corrected chi connectivity index (χ4v) is 20.5. The van der Waals surface area contributed by atoms with Crippen LogP contribution in [0.5, 0.6) is 5.75 Å². The van der Waals surface area contributed by atoms with Crippen LogP contribution in [0, 0.1) is 114 Å². The maximum absolute atomic E-state index is 11.2. The summed E-state index contributed by atoms with van der Waals surface area (Å²) in [6.45, 7) is 24.1. The number of aromatic nitrogens is 4. The van der Waals surface area contributed by atoms with Crippen LogP contribution < -0.4 is 404 Å². The van der Waals surface area contributed by atoms with Crippen LogP contribution in [0.25, 0.3) is 48.6 Å². The summed E-state index contributed by atoms with van der Waals surface area (Å²) in [6.07, 6.45) is 21.2. The molecule has 2 atom stereocenters. The topological polar surface area (TPSA) is 504 Å². The van der Waals surface area contributed by atoms with Crippen molar-refractivity contribution in [2.24, 2.45) is 0 Å². The van der Waals surface area contributed by atoms with Crippen LogP contribution in [-0.4, -0.2) is 134 Å². The van der Waals surface area contributed by atoms with Gasteiger partial charge in [0, 0.05) is 17.4 Å². The van der Waals surface area contributed by atoms with E-state index in [1.807, 2.05) is 26.8 Å². The minimum Gasteiger partial charge on any atom is -0.747 e. The number of hydrogen-bond donors (Lipinski definition) is 0. The summed E-state index contributed by atoms with van der Waals surface area (Å²) < 4.78 is 239. The van der Waals surface area contributed by atoms with Gasteiger partial charge in [-0.15, -0.1) is 45.3 Å². The molecule has 4 aliphatic carbocycles. The number of hydrogen-bond acceptors (Lipinski definition) is 32. The number of methoxy groups -OCH3 is 1. The minimum atomic E-state index is -4.84. The normalized spacial score (nSPS) is 13.9. The molecule has 0 fully saturated rings. The number of nitro groups is 1. The van der Waals surface area contributed by atoms with Gasteiger partial charge in [0.2, 0.25) is 6.04 Å². The standard InChI is InChI=1S/2C10H14O6S2.C8H8N2O2S.C8H9NO3S2.2C8H9NS.C8H10O4S.C8H10O3S.7K/c2*1-5-6(2)9(17(11,12)13)8(4)10(7(5)3)18(14,15)16;1-5-9-7-4-6(10(11)12)2-3-8(7)13-5;1-5-9-7-3-2-6(14(10,11)12)4-8(7)13-5;2*1-6-9-7-4-2-3-5-8(7)10-6;1-6-3-4-7(13(9,10)11)5-8(6)12-2;1-6-3-4-8(5-7(6)2)12(9,10)11;;;;;;;/h2*1-4H3,(H,11,12,13)(H,14,15,16);3-4,6H,2H2,1H3;3-4,6H,2H2,1H3,(H,10,11,12);2*4-5H,2-3H2,1H3;3-5H,1-2H3,(H,9,10,11);3-5H,1-2H3,(H,9,10,11);;;;;;;/q;;;;;;;;7*+1/p-7. The smallest absolute Gasteiger partial charge is 0.747 e. The molecule has 12 rings (SSSR count). The zero-order valence-corrected chi connectivity index (χ0v) is 98.8. The van der Waals surface area contributed by atoms with Gasteiger partial charge in [-0.1, -0.05) is 48.6 Å². The molecule has 4 aromatic heterocycles. The number of fused-ring (bicyclic) bond motifs is 4. The number of nitrogens with zero attached hydrogens (tertiary/aromatic N) is 5. The minimum absolute atomic E-state index is 0. The summed E-state index contributed by atoms with van der Waals surface area (Å²) in [4.78, 5) is 24.5. The number of ether oxygens (including phenoxy) is 1. The zero-order valence-electron chi connectivity index (χ0n) is 68.0. The molecule has 0 bridgehead atoms. The average Bonchev–Trinajstić information content (AvgIpc) is 1.67. The third kappa shape index (κ3) is 37.6. The monoisotopic (exact) mass is 1970 g/mol. The Kier molecular flexibility index (Phi) is 57.6. The van der Waals surface area contributed by atoms with Crippen molar-refractivity contribution in [2.75, 3.05) is 7.11 Å². The van der Waals surface area contributed by atoms with E-state index in [-0.39, 0.29) is 414 Å². The summed E-state index contributed by atoms with van der Waals surface area (Å²) in [6, 6.07) is 7.76. The molecule has 0 amide bonds. The number of aryl methyl sites for hydroxylation is 7. The molecule has 0 radical (unpaired) electrons. The Labute approximate surface area is 985 Å². The molecule has 0 N–H and O–H groups in total. The van der Waals surface area contributed by atoms with Crippen molar-refractivity contribution < 1.29 is 460 Å². The molecule has 0 saturated heterocycles. The number of thiazole rings is 4. The zero-order chi connectivity index (χ0) is 82.1. The van der Waals surface area contributed by atoms with Crippen molar-refractivity contribution in [3.63, 3.8) is 0 Å². The quantitative estimate of drug-likeness (QED) is 0.0560. The number of rotatable bonds is 9. The first kappa shape index (κ1) is 124. The first-order chi connectivity index (χ1) is 49.5. The van der Waals surface area contributed by atoms with Gasteiger partial charge < -0.3 is 36.6 Å². The van der Waals surface area contributed by atoms with Gasteiger partial charge in [-0.05, 0) is 227 Å². The van der Waals surface area contributed by atoms with Crippen LogP contribution in [0.2, 0.25) is 0 Å². The second-order valence-electron chi connectivity index (χ2n) is 24.4. The van der Waals surface area contributed by atoms with Crippen LogP contribution in [0.1, 0.15) is 120 Å². The van der Waals surface area contributed by atoms with Crippen LogP contribution in [0.15, 0.2) is 65.8 Å². The summed E-state index contributed by atoms with van der Waals surface area (Å²) in [7, 11) is -30.8. The van der Waals surface area contributed by atoms with Gasteiger partial charge in [0.15, 0.2) is 0 Å². The van der Waals surface area contributed by atoms with Gasteiger partial charge in [0.25, 0.3) is 0 Å². The van der Waals surface area contributed by atoms with E-state index in [2.05, 4.69) is 58.1 Å². The molecule has 29 nitrogen and oxygen atoms in total. The van der Waals surface area contributed by atoms with Crippen molar-refractivity contribution in [1.82, 2.24) is 19.9 Å². The van der Waals surface area contributed by atoms with Crippen LogP contribution in [-0.2, 0) is 70.8 Å². The molecule has 590 valence electrons. The summed E-state index contributed by atoms with van der Waals surface area (Å²) in [5.74, 6) is 0.400. The predicted molar refractivity (Wildman–Crippen MR) is 404 cm³/mol. The second kappa shape index (κ2) is 53.6. The largest absolute Gasteiger partial charge is 1.00 e. The third-order valence-corrected chi connectivity index (χ3v) is 27.7. The van der Waals surface area contributed by atoms with Gasteiger partial charge >= 0.3 is 360 Å². The van der Waals surface area contributed by atoms with E-state index in [0.29, 0.717) is 23.3 Å². The Morgan fingerprint density at radius 3 is 0.983 bits per heavy atom. The van der Waals surface area contributed by atoms with Gasteiger partial charge in [-0.3, -0.25) is 10.1 Å². The Hall–Kier alpha value is 4.38. The Bertz CT molecular complexity index is 5860. The fourth-order valence-electron chi connectivity index (χ4n) is 11.0. The van der Waals surface area contributed by atoms with E-state index < -0.39 is 102 Å². The van der Waals surface area contributed by atoms with Crippen LogP contribution in [0.3, 0.4) is 0 Å². The van der Waals surface area contributed by atoms with Crippen LogP contribution in [0.4, 0.5) is 0 Å². The maximum Gasteiger partial charge on any atom is 1.00 e. The Balaban J connectivity index is -0.00000124. The molecule has 2 unspecified atom stereocenters. The van der Waals surface area contributed by atoms with Crippen molar-refractivity contribution in [2.45, 2.75) is 183 Å². The van der Waals surface area contributed by atoms with Crippen molar-refractivity contribution in [3.05, 3.63) is 167 Å². The molecule has 115 heavy (non-hydrogen) atoms. The van der Waals surface area contributed by atoms with Gasteiger partial charge in [0.1, 0.15) is 76.6 Å². The Morgan fingerprint density at radius 1 is 0.357 bits per heavy atom. The van der Waals surface area contributed by atoms with E-state index >= 15 is 0 Å². The third-order valence-electron chi connectivity index (χ3n) is 16.6. The molecule has 0 saturated carbocycles. The number of benzene rings is 4. The van der Waals surface area contributed by atoms with Gasteiger partial charge in [0.05, 0.1) is 101 Å². The second-order valence-corrected chi connectivity index (χ2v) is 39.0. The molecule has 47 heteroatoms. The first-order valence-electron chi connectivity index (χ1n) is 31.8. The van der Waals surface area contributed by atoms with Gasteiger partial charge in [-0.25, -0.2) is 78.9 Å². The molecule has 0 spiro atoms. The summed E-state index contributed by atoms with van der Waals surface area (Å²) in [5, 5.41) is 17.8. The summed E-state index contributed by atoms with van der Waals surface area (Å²) >= 11 is 6.58. The maximum atomic E-state index is 11.2. The SMILES string of the molecule is COc1cc(S(=O)(=O)[O-])ccc1C.Cc1c(C)c(S(=O)(=O)[O-])c(C)c(S(=O)(=O)[O-])c1C.Cc1c(C)c(S(=O)(=O)[O-])c(C)c(S(=O)(=O)[O-])c1C.Cc1ccc(S(=O)(=O)[O-])cc1C.Cc1nc2c(s1)=CC(S(=O)(=O)[O-])CC=2.Cc1nc2c(s1)=CCC([N+](=O)[O-])C=2.Cc1nc2c(s1)=CCCC=2.Cc1nc2c(s1)=CCCC=2.[K+].[K+].[K+].[K+].[K+].[K+].[K+]. The molecular weight excluding hydrogens is 1900 g/mol. The summed E-state index contributed by atoms with van der Waals surface area (Å²) in [5.41, 5.74) is 3.28.